The Morgan fingerprint density at radius 1 is 0.939 bits per heavy atom. The molecule has 3 aromatic rings. The molecule has 3 atom stereocenters. The van der Waals surface area contributed by atoms with Crippen molar-refractivity contribution >= 4 is 46.4 Å². The Hall–Kier alpha value is -3.06. The number of imide groups is 1. The van der Waals surface area contributed by atoms with E-state index in [0.717, 1.165) is 0 Å². The highest BCUT2D eigenvalue weighted by Crippen LogP contribution is 2.50. The fraction of sp³-hybridized carbons (Fsp3) is 0.200. The summed E-state index contributed by atoms with van der Waals surface area (Å²) in [7, 11) is 0. The highest BCUT2D eigenvalue weighted by Gasteiger charge is 2.61. The van der Waals surface area contributed by atoms with Crippen LogP contribution in [0.1, 0.15) is 18.5 Å². The molecule has 6 nitrogen and oxygen atoms in total. The number of rotatable bonds is 5. The zero-order chi connectivity index (χ0) is 23.1. The minimum Gasteiger partial charge on any atom is -0.492 e. The zero-order valence-corrected chi connectivity index (χ0v) is 19.2. The summed E-state index contributed by atoms with van der Waals surface area (Å²) >= 11 is 12.7. The van der Waals surface area contributed by atoms with E-state index in [1.807, 2.05) is 37.3 Å². The number of hydrogen-bond acceptors (Lipinski definition) is 5. The third-order valence-corrected chi connectivity index (χ3v) is 6.38. The molecule has 0 aromatic heterocycles. The van der Waals surface area contributed by atoms with Crippen molar-refractivity contribution in [3.63, 3.8) is 0 Å². The van der Waals surface area contributed by atoms with Crippen LogP contribution >= 0.6 is 23.2 Å². The first-order valence-corrected chi connectivity index (χ1v) is 11.3. The molecule has 2 fully saturated rings. The van der Waals surface area contributed by atoms with Gasteiger partial charge in [0, 0.05) is 10.0 Å². The lowest BCUT2D eigenvalue weighted by atomic mass is 9.90. The molecule has 2 saturated heterocycles. The van der Waals surface area contributed by atoms with E-state index in [1.165, 1.54) is 4.90 Å². The van der Waals surface area contributed by atoms with E-state index in [4.69, 9.17) is 32.8 Å². The van der Waals surface area contributed by atoms with Crippen molar-refractivity contribution in [2.24, 2.45) is 5.92 Å². The molecule has 0 unspecified atom stereocenters. The summed E-state index contributed by atoms with van der Waals surface area (Å²) in [5.74, 6) is -1.15. The van der Waals surface area contributed by atoms with Crippen LogP contribution in [0.15, 0.2) is 72.8 Å². The number of carbonyl (C=O) groups is 2. The molecule has 8 heteroatoms. The van der Waals surface area contributed by atoms with Crippen LogP contribution in [-0.2, 0) is 14.4 Å². The van der Waals surface area contributed by atoms with Crippen molar-refractivity contribution in [3.05, 3.63) is 88.4 Å². The number of benzene rings is 3. The number of para-hydroxylation sites is 3. The predicted octanol–water partition coefficient (Wildman–Crippen LogP) is 5.44. The van der Waals surface area contributed by atoms with Crippen LogP contribution < -0.4 is 14.7 Å². The molecule has 2 aliphatic heterocycles. The van der Waals surface area contributed by atoms with E-state index < -0.39 is 24.0 Å². The van der Waals surface area contributed by atoms with Gasteiger partial charge < -0.3 is 4.74 Å². The van der Waals surface area contributed by atoms with E-state index in [2.05, 4.69) is 0 Å². The molecule has 0 saturated carbocycles. The van der Waals surface area contributed by atoms with Crippen molar-refractivity contribution in [2.45, 2.75) is 19.1 Å². The number of hydroxylamine groups is 1. The molecular weight excluding hydrogens is 463 g/mol. The summed E-state index contributed by atoms with van der Waals surface area (Å²) in [6.45, 7) is 2.25. The van der Waals surface area contributed by atoms with Crippen LogP contribution in [-0.4, -0.2) is 24.5 Å². The van der Waals surface area contributed by atoms with Gasteiger partial charge in [-0.15, -0.1) is 0 Å². The number of carbonyl (C=O) groups excluding carboxylic acids is 2. The molecule has 0 N–H and O–H groups in total. The maximum absolute atomic E-state index is 13.8. The average molecular weight is 483 g/mol. The normalized spacial score (nSPS) is 22.1. The minimum atomic E-state index is -0.996. The van der Waals surface area contributed by atoms with Crippen molar-refractivity contribution in [2.75, 3.05) is 16.6 Å². The highest BCUT2D eigenvalue weighted by atomic mass is 35.5. The molecule has 2 heterocycles. The monoisotopic (exact) mass is 482 g/mol. The largest absolute Gasteiger partial charge is 0.492 e. The van der Waals surface area contributed by atoms with Crippen LogP contribution in [0.5, 0.6) is 5.75 Å². The van der Waals surface area contributed by atoms with Gasteiger partial charge >= 0.3 is 0 Å². The number of halogens is 2. The van der Waals surface area contributed by atoms with E-state index >= 15 is 0 Å². The quantitative estimate of drug-likeness (QED) is 0.453. The second kappa shape index (κ2) is 8.71. The second-order valence-corrected chi connectivity index (χ2v) is 8.58. The van der Waals surface area contributed by atoms with E-state index in [0.29, 0.717) is 39.3 Å². The second-order valence-electron chi connectivity index (χ2n) is 7.74. The Morgan fingerprint density at radius 2 is 1.67 bits per heavy atom. The fourth-order valence-corrected chi connectivity index (χ4v) is 4.95. The number of ether oxygens (including phenoxy) is 1. The van der Waals surface area contributed by atoms with Crippen LogP contribution in [0.25, 0.3) is 0 Å². The van der Waals surface area contributed by atoms with Gasteiger partial charge in [0.05, 0.1) is 24.0 Å². The zero-order valence-electron chi connectivity index (χ0n) is 17.7. The number of anilines is 2. The molecule has 0 bridgehead atoms. The third-order valence-electron chi connectivity index (χ3n) is 5.81. The van der Waals surface area contributed by atoms with Crippen molar-refractivity contribution in [1.82, 2.24) is 0 Å². The molecule has 0 radical (unpaired) electrons. The number of hydrogen-bond donors (Lipinski definition) is 0. The Morgan fingerprint density at radius 3 is 2.39 bits per heavy atom. The van der Waals surface area contributed by atoms with Crippen molar-refractivity contribution in [1.29, 1.82) is 0 Å². The Kier molecular flexibility index (Phi) is 5.74. The lowest BCUT2D eigenvalue weighted by Crippen LogP contribution is -2.37. The van der Waals surface area contributed by atoms with Gasteiger partial charge in [-0.3, -0.25) is 14.4 Å². The van der Waals surface area contributed by atoms with E-state index in [-0.39, 0.29) is 5.91 Å². The summed E-state index contributed by atoms with van der Waals surface area (Å²) in [5, 5.41) is 2.48. The predicted molar refractivity (Wildman–Crippen MR) is 127 cm³/mol. The first kappa shape index (κ1) is 21.8. The van der Waals surface area contributed by atoms with Gasteiger partial charge in [0.1, 0.15) is 11.7 Å². The van der Waals surface area contributed by atoms with Gasteiger partial charge in [-0.25, -0.2) is 9.96 Å². The third kappa shape index (κ3) is 3.64. The molecular formula is C25H20Cl2N2O4. The topological polar surface area (TPSA) is 59.1 Å². The van der Waals surface area contributed by atoms with Crippen LogP contribution in [0.2, 0.25) is 10.0 Å². The summed E-state index contributed by atoms with van der Waals surface area (Å²) in [6, 6.07) is 20.8. The first-order chi connectivity index (χ1) is 16.0. The fourth-order valence-electron chi connectivity index (χ4n) is 4.43. The summed E-state index contributed by atoms with van der Waals surface area (Å²) < 4.78 is 5.67. The maximum atomic E-state index is 13.8. The molecule has 2 aliphatic rings. The molecule has 0 spiro atoms. The Labute approximate surface area is 201 Å². The summed E-state index contributed by atoms with van der Waals surface area (Å²) in [6.07, 6.45) is -0.996. The lowest BCUT2D eigenvalue weighted by Gasteiger charge is -2.29. The van der Waals surface area contributed by atoms with E-state index in [9.17, 15) is 9.59 Å². The smallest absolute Gasteiger partial charge is 0.266 e. The van der Waals surface area contributed by atoms with Crippen LogP contribution in [0, 0.1) is 5.92 Å². The van der Waals surface area contributed by atoms with Gasteiger partial charge in [-0.2, -0.15) is 0 Å². The molecule has 5 rings (SSSR count). The van der Waals surface area contributed by atoms with Gasteiger partial charge in [-0.1, -0.05) is 59.6 Å². The number of nitrogens with zero attached hydrogens (tertiary/aromatic N) is 2. The average Bonchev–Trinajstić information content (AvgIpc) is 3.31. The van der Waals surface area contributed by atoms with Crippen LogP contribution in [0.4, 0.5) is 11.4 Å². The molecule has 33 heavy (non-hydrogen) atoms. The highest BCUT2D eigenvalue weighted by molar-refractivity contribution is 6.35. The first-order valence-electron chi connectivity index (χ1n) is 10.6. The molecule has 3 aromatic carbocycles. The van der Waals surface area contributed by atoms with Crippen LogP contribution in [0.3, 0.4) is 0 Å². The van der Waals surface area contributed by atoms with Crippen molar-refractivity contribution < 1.29 is 19.2 Å². The van der Waals surface area contributed by atoms with Crippen molar-refractivity contribution in [3.8, 4) is 5.75 Å². The number of amides is 2. The molecule has 0 aliphatic carbocycles. The lowest BCUT2D eigenvalue weighted by molar-refractivity contribution is -0.126. The van der Waals surface area contributed by atoms with E-state index in [1.54, 1.807) is 47.5 Å². The number of fused-ring (bicyclic) bond motifs is 1. The summed E-state index contributed by atoms with van der Waals surface area (Å²) in [4.78, 5) is 34.6. The minimum absolute atomic E-state index is 0.369. The SMILES string of the molecule is CCOc1ccccc1N1C(=O)[C@@H]2[C@@H](ON(c3ccccc3)[C@H]2c2ccc(Cl)cc2Cl)C1=O. The Bertz CT molecular complexity index is 1220. The van der Waals surface area contributed by atoms with Gasteiger partial charge in [-0.05, 0) is 48.9 Å². The van der Waals surface area contributed by atoms with Gasteiger partial charge in [0.15, 0.2) is 6.10 Å². The summed E-state index contributed by atoms with van der Waals surface area (Å²) in [5.41, 5.74) is 1.77. The molecule has 2 amide bonds. The standard InChI is InChI=1S/C25H20Cl2N2O4/c1-2-32-20-11-7-6-10-19(20)28-24(30)21-22(17-13-12-15(26)14-18(17)27)29(33-23(21)25(28)31)16-8-4-3-5-9-16/h3-14,21-23H,2H2,1H3/t21-,22-,23+/m0/s1. The Balaban J connectivity index is 1.61. The maximum Gasteiger partial charge on any atom is 0.266 e. The van der Waals surface area contributed by atoms with Gasteiger partial charge in [0.2, 0.25) is 5.91 Å². The molecule has 168 valence electrons. The van der Waals surface area contributed by atoms with Gasteiger partial charge in [0.25, 0.3) is 5.91 Å².